The summed E-state index contributed by atoms with van der Waals surface area (Å²) >= 11 is 12.3. The van der Waals surface area contributed by atoms with Crippen LogP contribution in [0.15, 0.2) is 71.6 Å². The minimum Gasteiger partial charge on any atom is -0.486 e. The summed E-state index contributed by atoms with van der Waals surface area (Å²) in [6.07, 6.45) is -0.421. The van der Waals surface area contributed by atoms with E-state index in [1.165, 1.54) is 12.1 Å². The molecule has 1 heterocycles. The van der Waals surface area contributed by atoms with Gasteiger partial charge >= 0.3 is 0 Å². The maximum Gasteiger partial charge on any atom is 0.262 e. The van der Waals surface area contributed by atoms with Crippen molar-refractivity contribution in [3.63, 3.8) is 0 Å². The molecular formula is C29H33Cl2N3O5S. The molecule has 1 aliphatic heterocycles. The molecule has 0 saturated heterocycles. The largest absolute Gasteiger partial charge is 0.486 e. The Morgan fingerprint density at radius 2 is 1.82 bits per heavy atom. The second-order valence-corrected chi connectivity index (χ2v) is 12.7. The van der Waals surface area contributed by atoms with Crippen molar-refractivity contribution in [2.45, 2.75) is 37.4 Å². The van der Waals surface area contributed by atoms with Crippen LogP contribution in [0.4, 0.5) is 5.69 Å². The Bertz CT molecular complexity index is 1460. The summed E-state index contributed by atoms with van der Waals surface area (Å²) in [7, 11) is -2.00. The van der Waals surface area contributed by atoms with Crippen molar-refractivity contribution < 1.29 is 23.1 Å². The molecule has 0 aliphatic carbocycles. The summed E-state index contributed by atoms with van der Waals surface area (Å²) in [5.41, 5.74) is 1.35. The molecule has 0 fully saturated rings. The van der Waals surface area contributed by atoms with Crippen LogP contribution in [0, 0.1) is 5.92 Å². The monoisotopic (exact) mass is 605 g/mol. The summed E-state index contributed by atoms with van der Waals surface area (Å²) in [5.74, 6) is -0.338. The Hall–Kier alpha value is -2.82. The minimum atomic E-state index is -3.95. The van der Waals surface area contributed by atoms with Gasteiger partial charge in [0, 0.05) is 25.6 Å². The standard InChI is InChI=1S/C29H33Cl2N3O5S/c1-19-15-34(20(2)18-35)29(36)23-10-7-11-26(32-40(37,38)22-8-5-4-6-9-22)28(23)39-27(19)17-33(3)16-21-12-13-24(30)25(31)14-21/h4-14,19-20,27,32,35H,15-18H2,1-3H3/t19-,20+,27-/m1/s1. The normalized spacial score (nSPS) is 18.5. The van der Waals surface area contributed by atoms with Gasteiger partial charge in [-0.1, -0.05) is 60.5 Å². The van der Waals surface area contributed by atoms with Crippen LogP contribution in [-0.2, 0) is 16.6 Å². The molecule has 3 aromatic carbocycles. The fraction of sp³-hybridized carbons (Fsp3) is 0.345. The Balaban J connectivity index is 1.70. The average Bonchev–Trinajstić information content (AvgIpc) is 2.93. The molecule has 11 heteroatoms. The molecule has 2 N–H and O–H groups in total. The van der Waals surface area contributed by atoms with Crippen molar-refractivity contribution in [3.8, 4) is 5.75 Å². The zero-order valence-electron chi connectivity index (χ0n) is 22.6. The van der Waals surface area contributed by atoms with Gasteiger partial charge in [-0.2, -0.15) is 0 Å². The fourth-order valence-corrected chi connectivity index (χ4v) is 6.07. The number of nitrogens with zero attached hydrogens (tertiary/aromatic N) is 2. The predicted octanol–water partition coefficient (Wildman–Crippen LogP) is 5.15. The van der Waals surface area contributed by atoms with Gasteiger partial charge in [-0.15, -0.1) is 0 Å². The van der Waals surface area contributed by atoms with E-state index in [1.54, 1.807) is 54.3 Å². The number of likely N-dealkylation sites (N-methyl/N-ethyl adjacent to an activating group) is 1. The molecule has 3 atom stereocenters. The number of amides is 1. The second-order valence-electron chi connectivity index (χ2n) is 10.2. The third-order valence-corrected chi connectivity index (χ3v) is 9.04. The first-order chi connectivity index (χ1) is 19.0. The molecular weight excluding hydrogens is 573 g/mol. The van der Waals surface area contributed by atoms with Crippen LogP contribution in [0.5, 0.6) is 5.75 Å². The topological polar surface area (TPSA) is 99.2 Å². The fourth-order valence-electron chi connectivity index (χ4n) is 4.67. The zero-order valence-corrected chi connectivity index (χ0v) is 24.9. The SMILES string of the molecule is C[C@@H]1CN([C@@H](C)CO)C(=O)c2cccc(NS(=O)(=O)c3ccccc3)c2O[C@@H]1CN(C)Cc1ccc(Cl)c(Cl)c1. The van der Waals surface area contributed by atoms with Crippen LogP contribution in [0.25, 0.3) is 0 Å². The summed E-state index contributed by atoms with van der Waals surface area (Å²) in [6.45, 7) is 4.93. The highest BCUT2D eigenvalue weighted by Gasteiger charge is 2.35. The van der Waals surface area contributed by atoms with Gasteiger partial charge in [-0.3, -0.25) is 14.4 Å². The predicted molar refractivity (Wildman–Crippen MR) is 158 cm³/mol. The van der Waals surface area contributed by atoms with E-state index in [4.69, 9.17) is 27.9 Å². The molecule has 4 rings (SSSR count). The van der Waals surface area contributed by atoms with Crippen LogP contribution in [-0.4, -0.2) is 68.1 Å². The Kier molecular flexibility index (Phi) is 9.64. The summed E-state index contributed by atoms with van der Waals surface area (Å²) in [5, 5.41) is 10.9. The molecule has 0 unspecified atom stereocenters. The molecule has 0 saturated carbocycles. The number of nitrogens with one attached hydrogen (secondary N) is 1. The van der Waals surface area contributed by atoms with E-state index in [0.29, 0.717) is 29.7 Å². The molecule has 0 aromatic heterocycles. The van der Waals surface area contributed by atoms with Gasteiger partial charge in [0.05, 0.1) is 38.8 Å². The van der Waals surface area contributed by atoms with Crippen molar-refractivity contribution in [1.82, 2.24) is 9.80 Å². The van der Waals surface area contributed by atoms with Crippen LogP contribution >= 0.6 is 23.2 Å². The lowest BCUT2D eigenvalue weighted by Gasteiger charge is -2.38. The van der Waals surface area contributed by atoms with Crippen molar-refractivity contribution in [3.05, 3.63) is 87.9 Å². The van der Waals surface area contributed by atoms with Gasteiger partial charge < -0.3 is 14.7 Å². The van der Waals surface area contributed by atoms with Gasteiger partial charge in [0.1, 0.15) is 6.10 Å². The Morgan fingerprint density at radius 3 is 2.50 bits per heavy atom. The number of rotatable bonds is 9. The Labute approximate surface area is 245 Å². The first-order valence-corrected chi connectivity index (χ1v) is 15.2. The first-order valence-electron chi connectivity index (χ1n) is 12.9. The van der Waals surface area contributed by atoms with Crippen LogP contribution in [0.3, 0.4) is 0 Å². The summed E-state index contributed by atoms with van der Waals surface area (Å²) in [6, 6.07) is 17.8. The van der Waals surface area contributed by atoms with E-state index in [2.05, 4.69) is 9.62 Å². The zero-order chi connectivity index (χ0) is 29.0. The molecule has 40 heavy (non-hydrogen) atoms. The van der Waals surface area contributed by atoms with Crippen molar-refractivity contribution in [2.24, 2.45) is 5.92 Å². The molecule has 3 aromatic rings. The molecule has 214 valence electrons. The lowest BCUT2D eigenvalue weighted by Crippen LogP contribution is -2.49. The number of hydrogen-bond acceptors (Lipinski definition) is 6. The number of para-hydroxylation sites is 1. The molecule has 0 bridgehead atoms. The number of aliphatic hydroxyl groups is 1. The van der Waals surface area contributed by atoms with Gasteiger partial charge in [-0.25, -0.2) is 8.42 Å². The highest BCUT2D eigenvalue weighted by atomic mass is 35.5. The van der Waals surface area contributed by atoms with E-state index in [1.807, 2.05) is 26.1 Å². The summed E-state index contributed by atoms with van der Waals surface area (Å²) in [4.78, 5) is 17.5. The van der Waals surface area contributed by atoms with E-state index < -0.39 is 22.2 Å². The van der Waals surface area contributed by atoms with E-state index >= 15 is 0 Å². The second kappa shape index (κ2) is 12.8. The van der Waals surface area contributed by atoms with Crippen molar-refractivity contribution >= 4 is 44.8 Å². The van der Waals surface area contributed by atoms with Gasteiger partial charge in [0.15, 0.2) is 5.75 Å². The van der Waals surface area contributed by atoms with Crippen LogP contribution < -0.4 is 9.46 Å². The Morgan fingerprint density at radius 1 is 1.10 bits per heavy atom. The number of sulfonamides is 1. The van der Waals surface area contributed by atoms with Gasteiger partial charge in [0.2, 0.25) is 0 Å². The van der Waals surface area contributed by atoms with E-state index in [0.717, 1.165) is 5.56 Å². The lowest BCUT2D eigenvalue weighted by molar-refractivity contribution is 0.0344. The number of aliphatic hydroxyl groups excluding tert-OH is 1. The van der Waals surface area contributed by atoms with Crippen molar-refractivity contribution in [2.75, 3.05) is 31.5 Å². The maximum absolute atomic E-state index is 13.7. The number of carbonyl (C=O) groups excluding carboxylic acids is 1. The minimum absolute atomic E-state index is 0.0894. The third kappa shape index (κ3) is 6.90. The van der Waals surface area contributed by atoms with Gasteiger partial charge in [0.25, 0.3) is 15.9 Å². The molecule has 8 nitrogen and oxygen atoms in total. The quantitative estimate of drug-likeness (QED) is 0.350. The number of ether oxygens (including phenoxy) is 1. The molecule has 1 amide bonds. The first kappa shape index (κ1) is 30.1. The highest BCUT2D eigenvalue weighted by molar-refractivity contribution is 7.92. The third-order valence-electron chi connectivity index (χ3n) is 6.92. The van der Waals surface area contributed by atoms with Crippen LogP contribution in [0.1, 0.15) is 29.8 Å². The van der Waals surface area contributed by atoms with Gasteiger partial charge in [-0.05, 0) is 55.9 Å². The number of hydrogen-bond donors (Lipinski definition) is 2. The summed E-state index contributed by atoms with van der Waals surface area (Å²) < 4.78 is 35.5. The van der Waals surface area contributed by atoms with Crippen LogP contribution in [0.2, 0.25) is 10.0 Å². The number of fused-ring (bicyclic) bond motifs is 1. The van der Waals surface area contributed by atoms with E-state index in [9.17, 15) is 18.3 Å². The number of carbonyl (C=O) groups is 1. The smallest absolute Gasteiger partial charge is 0.262 e. The maximum atomic E-state index is 13.7. The molecule has 0 spiro atoms. The highest BCUT2D eigenvalue weighted by Crippen LogP contribution is 2.36. The van der Waals surface area contributed by atoms with Crippen molar-refractivity contribution in [1.29, 1.82) is 0 Å². The number of anilines is 1. The number of benzene rings is 3. The molecule has 1 aliphatic rings. The average molecular weight is 607 g/mol. The molecule has 0 radical (unpaired) electrons. The van der Waals surface area contributed by atoms with E-state index in [-0.39, 0.29) is 40.3 Å². The number of halogens is 2. The lowest BCUT2D eigenvalue weighted by atomic mass is 9.99.